The summed E-state index contributed by atoms with van der Waals surface area (Å²) in [6.45, 7) is 2.25. The van der Waals surface area contributed by atoms with E-state index in [0.29, 0.717) is 13.0 Å². The topological polar surface area (TPSA) is 48.4 Å². The molecule has 4 nitrogen and oxygen atoms in total. The maximum Gasteiger partial charge on any atom is 0.305 e. The van der Waals surface area contributed by atoms with Crippen molar-refractivity contribution in [1.82, 2.24) is 4.98 Å². The van der Waals surface area contributed by atoms with Crippen LogP contribution in [0.2, 0.25) is 0 Å². The average Bonchev–Trinajstić information content (AvgIpc) is 2.30. The van der Waals surface area contributed by atoms with Crippen molar-refractivity contribution in [3.05, 3.63) is 24.0 Å². The molecule has 0 bridgehead atoms. The number of carbonyl (C=O) groups excluding carboxylic acids is 1. The first-order chi connectivity index (χ1) is 7.76. The SMILES string of the molecule is CCOC(=O)CCCc1ccc(OC)cn1. The summed E-state index contributed by atoms with van der Waals surface area (Å²) in [5.41, 5.74) is 0.963. The predicted octanol–water partition coefficient (Wildman–Crippen LogP) is 1.98. The molecule has 1 aromatic rings. The standard InChI is InChI=1S/C12H17NO3/c1-3-16-12(14)6-4-5-10-7-8-11(15-2)9-13-10/h7-9H,3-6H2,1-2H3. The van der Waals surface area contributed by atoms with E-state index in [2.05, 4.69) is 4.98 Å². The molecule has 0 radical (unpaired) electrons. The number of aryl methyl sites for hydroxylation is 1. The summed E-state index contributed by atoms with van der Waals surface area (Å²) in [5, 5.41) is 0. The second-order valence-electron chi connectivity index (χ2n) is 3.35. The van der Waals surface area contributed by atoms with Gasteiger partial charge in [-0.05, 0) is 31.9 Å². The number of hydrogen-bond acceptors (Lipinski definition) is 4. The lowest BCUT2D eigenvalue weighted by Gasteiger charge is -2.03. The first kappa shape index (κ1) is 12.5. The Kier molecular flexibility index (Phi) is 5.32. The first-order valence-electron chi connectivity index (χ1n) is 5.40. The number of ether oxygens (including phenoxy) is 2. The Bertz CT molecular complexity index is 322. The van der Waals surface area contributed by atoms with E-state index in [9.17, 15) is 4.79 Å². The van der Waals surface area contributed by atoms with Gasteiger partial charge in [0.15, 0.2) is 0 Å². The van der Waals surface area contributed by atoms with Crippen LogP contribution < -0.4 is 4.74 Å². The summed E-state index contributed by atoms with van der Waals surface area (Å²) >= 11 is 0. The number of pyridine rings is 1. The van der Waals surface area contributed by atoms with Gasteiger partial charge in [0.2, 0.25) is 0 Å². The minimum atomic E-state index is -0.143. The van der Waals surface area contributed by atoms with Crippen molar-refractivity contribution < 1.29 is 14.3 Å². The van der Waals surface area contributed by atoms with Crippen LogP contribution >= 0.6 is 0 Å². The Hall–Kier alpha value is -1.58. The predicted molar refractivity (Wildman–Crippen MR) is 60.4 cm³/mol. The van der Waals surface area contributed by atoms with Crippen LogP contribution in [0.4, 0.5) is 0 Å². The van der Waals surface area contributed by atoms with Crippen LogP contribution in [-0.2, 0) is 16.0 Å². The second kappa shape index (κ2) is 6.82. The zero-order valence-electron chi connectivity index (χ0n) is 9.73. The number of aromatic nitrogens is 1. The molecular formula is C12H17NO3. The summed E-state index contributed by atoms with van der Waals surface area (Å²) in [4.78, 5) is 15.3. The fraction of sp³-hybridized carbons (Fsp3) is 0.500. The molecule has 1 aromatic heterocycles. The fourth-order valence-corrected chi connectivity index (χ4v) is 1.33. The van der Waals surface area contributed by atoms with Gasteiger partial charge in [-0.25, -0.2) is 0 Å². The molecule has 4 heteroatoms. The van der Waals surface area contributed by atoms with Crippen LogP contribution in [-0.4, -0.2) is 24.7 Å². The molecule has 0 aromatic carbocycles. The maximum atomic E-state index is 11.1. The largest absolute Gasteiger partial charge is 0.495 e. The van der Waals surface area contributed by atoms with Gasteiger partial charge in [-0.1, -0.05) is 0 Å². The third-order valence-corrected chi connectivity index (χ3v) is 2.15. The van der Waals surface area contributed by atoms with Gasteiger partial charge >= 0.3 is 5.97 Å². The lowest BCUT2D eigenvalue weighted by atomic mass is 10.2. The van der Waals surface area contributed by atoms with E-state index in [1.54, 1.807) is 13.3 Å². The van der Waals surface area contributed by atoms with Gasteiger partial charge in [0, 0.05) is 12.1 Å². The highest BCUT2D eigenvalue weighted by molar-refractivity contribution is 5.69. The second-order valence-corrected chi connectivity index (χ2v) is 3.35. The van der Waals surface area contributed by atoms with Crippen molar-refractivity contribution in [2.24, 2.45) is 0 Å². The molecule has 0 amide bonds. The van der Waals surface area contributed by atoms with Gasteiger partial charge in [-0.2, -0.15) is 0 Å². The van der Waals surface area contributed by atoms with Crippen LogP contribution in [0, 0.1) is 0 Å². The summed E-state index contributed by atoms with van der Waals surface area (Å²) < 4.78 is 9.84. The van der Waals surface area contributed by atoms with Crippen molar-refractivity contribution in [2.75, 3.05) is 13.7 Å². The summed E-state index contributed by atoms with van der Waals surface area (Å²) in [6, 6.07) is 3.77. The number of carbonyl (C=O) groups is 1. The Morgan fingerprint density at radius 2 is 2.25 bits per heavy atom. The van der Waals surface area contributed by atoms with Gasteiger partial charge in [0.05, 0.1) is 19.9 Å². The number of nitrogens with zero attached hydrogens (tertiary/aromatic N) is 1. The smallest absolute Gasteiger partial charge is 0.305 e. The highest BCUT2D eigenvalue weighted by atomic mass is 16.5. The molecule has 0 fully saturated rings. The molecule has 0 saturated heterocycles. The van der Waals surface area contributed by atoms with E-state index < -0.39 is 0 Å². The summed E-state index contributed by atoms with van der Waals surface area (Å²) in [7, 11) is 1.61. The van der Waals surface area contributed by atoms with E-state index in [4.69, 9.17) is 9.47 Å². The summed E-state index contributed by atoms with van der Waals surface area (Å²) in [5.74, 6) is 0.602. The minimum Gasteiger partial charge on any atom is -0.495 e. The van der Waals surface area contributed by atoms with Crippen molar-refractivity contribution >= 4 is 5.97 Å². The summed E-state index contributed by atoms with van der Waals surface area (Å²) in [6.07, 6.45) is 3.67. The molecular weight excluding hydrogens is 206 g/mol. The van der Waals surface area contributed by atoms with Crippen molar-refractivity contribution in [1.29, 1.82) is 0 Å². The Morgan fingerprint density at radius 3 is 2.81 bits per heavy atom. The molecule has 0 N–H and O–H groups in total. The van der Waals surface area contributed by atoms with E-state index in [0.717, 1.165) is 24.3 Å². The van der Waals surface area contributed by atoms with Gasteiger partial charge in [0.1, 0.15) is 5.75 Å². The lowest BCUT2D eigenvalue weighted by Crippen LogP contribution is -2.04. The lowest BCUT2D eigenvalue weighted by molar-refractivity contribution is -0.143. The molecule has 1 heterocycles. The molecule has 0 aliphatic carbocycles. The number of hydrogen-bond donors (Lipinski definition) is 0. The normalized spacial score (nSPS) is 9.88. The quantitative estimate of drug-likeness (QED) is 0.692. The molecule has 0 aliphatic heterocycles. The van der Waals surface area contributed by atoms with E-state index in [-0.39, 0.29) is 5.97 Å². The van der Waals surface area contributed by atoms with Gasteiger partial charge in [-0.15, -0.1) is 0 Å². The van der Waals surface area contributed by atoms with E-state index >= 15 is 0 Å². The molecule has 0 spiro atoms. The average molecular weight is 223 g/mol. The highest BCUT2D eigenvalue weighted by Gasteiger charge is 2.02. The molecule has 1 rings (SSSR count). The Labute approximate surface area is 95.6 Å². The fourth-order valence-electron chi connectivity index (χ4n) is 1.33. The van der Waals surface area contributed by atoms with E-state index in [1.165, 1.54) is 0 Å². The highest BCUT2D eigenvalue weighted by Crippen LogP contribution is 2.09. The third kappa shape index (κ3) is 4.29. The third-order valence-electron chi connectivity index (χ3n) is 2.15. The van der Waals surface area contributed by atoms with Gasteiger partial charge in [0.25, 0.3) is 0 Å². The van der Waals surface area contributed by atoms with Crippen LogP contribution in [0.25, 0.3) is 0 Å². The van der Waals surface area contributed by atoms with Crippen LogP contribution in [0.15, 0.2) is 18.3 Å². The van der Waals surface area contributed by atoms with Crippen LogP contribution in [0.5, 0.6) is 5.75 Å². The molecule has 0 atom stereocenters. The van der Waals surface area contributed by atoms with Gasteiger partial charge < -0.3 is 9.47 Å². The monoisotopic (exact) mass is 223 g/mol. The molecule has 0 unspecified atom stereocenters. The Morgan fingerprint density at radius 1 is 1.44 bits per heavy atom. The number of rotatable bonds is 6. The molecule has 88 valence electrons. The molecule has 0 saturated carbocycles. The van der Waals surface area contributed by atoms with Crippen LogP contribution in [0.3, 0.4) is 0 Å². The molecule has 0 aliphatic rings. The maximum absolute atomic E-state index is 11.1. The van der Waals surface area contributed by atoms with Crippen molar-refractivity contribution in [3.63, 3.8) is 0 Å². The Balaban J connectivity index is 2.29. The van der Waals surface area contributed by atoms with Gasteiger partial charge in [-0.3, -0.25) is 9.78 Å². The molecule has 16 heavy (non-hydrogen) atoms. The number of methoxy groups -OCH3 is 1. The van der Waals surface area contributed by atoms with E-state index in [1.807, 2.05) is 19.1 Å². The zero-order valence-corrected chi connectivity index (χ0v) is 9.73. The first-order valence-corrected chi connectivity index (χ1v) is 5.40. The van der Waals surface area contributed by atoms with Crippen LogP contribution in [0.1, 0.15) is 25.5 Å². The zero-order chi connectivity index (χ0) is 11.8. The van der Waals surface area contributed by atoms with Crippen molar-refractivity contribution in [3.8, 4) is 5.75 Å². The minimum absolute atomic E-state index is 0.143. The van der Waals surface area contributed by atoms with Crippen molar-refractivity contribution in [2.45, 2.75) is 26.2 Å². The number of esters is 1.